The fraction of sp³-hybridized carbons (Fsp3) is 0.737. The van der Waals surface area contributed by atoms with Gasteiger partial charge < -0.3 is 20.5 Å². The van der Waals surface area contributed by atoms with Crippen molar-refractivity contribution in [1.82, 2.24) is 15.1 Å². The Hall–Kier alpha value is -1.17. The van der Waals surface area contributed by atoms with Crippen molar-refractivity contribution in [1.29, 1.82) is 0 Å². The van der Waals surface area contributed by atoms with Crippen LogP contribution in [-0.2, 0) is 10.4 Å². The Bertz CT molecular complexity index is 667. The highest BCUT2D eigenvalue weighted by Gasteiger charge is 2.62. The lowest BCUT2D eigenvalue weighted by Gasteiger charge is -2.39. The van der Waals surface area contributed by atoms with Gasteiger partial charge in [-0.25, -0.2) is 4.98 Å². The maximum absolute atomic E-state index is 13.0. The van der Waals surface area contributed by atoms with Gasteiger partial charge in [0.25, 0.3) is 0 Å². The standard InChI is InChI=1S/C19H31N5O4/c1-16(2)17(3,4)22(26)14(21(16)25)12-10-9-11-13(20-12)15-23(27)18(5,6)19(7,8)24(15)28/h9-11,14-15,21,23H,1-8H3. The number of rotatable bonds is 2. The Morgan fingerprint density at radius 2 is 1.11 bits per heavy atom. The third-order valence-electron chi connectivity index (χ3n) is 7.71. The van der Waals surface area contributed by atoms with Crippen LogP contribution in [0.3, 0.4) is 0 Å². The number of hydrogen-bond donors (Lipinski definition) is 2. The van der Waals surface area contributed by atoms with Crippen LogP contribution in [0.5, 0.6) is 0 Å². The van der Waals surface area contributed by atoms with Gasteiger partial charge in [0.1, 0.15) is 33.5 Å². The molecule has 4 unspecified atom stereocenters. The van der Waals surface area contributed by atoms with E-state index in [0.29, 0.717) is 0 Å². The molecule has 2 fully saturated rings. The summed E-state index contributed by atoms with van der Waals surface area (Å²) >= 11 is 0. The summed E-state index contributed by atoms with van der Waals surface area (Å²) in [5.74, 6) is 0. The van der Waals surface area contributed by atoms with E-state index < -0.39 is 34.5 Å². The van der Waals surface area contributed by atoms with Crippen LogP contribution in [0, 0.1) is 10.4 Å². The maximum Gasteiger partial charge on any atom is 0.213 e. The first kappa shape index (κ1) is 21.5. The molecule has 1 aromatic heterocycles. The third-order valence-corrected chi connectivity index (χ3v) is 7.71. The summed E-state index contributed by atoms with van der Waals surface area (Å²) < 4.78 is 0. The van der Waals surface area contributed by atoms with Crippen molar-refractivity contribution < 1.29 is 20.5 Å². The van der Waals surface area contributed by atoms with E-state index in [1.54, 1.807) is 73.6 Å². The van der Waals surface area contributed by atoms with Crippen LogP contribution in [0.2, 0.25) is 0 Å². The Morgan fingerprint density at radius 1 is 0.786 bits per heavy atom. The molecule has 2 aliphatic heterocycles. The van der Waals surface area contributed by atoms with Gasteiger partial charge in [0.2, 0.25) is 12.3 Å². The Labute approximate surface area is 166 Å². The lowest BCUT2D eigenvalue weighted by molar-refractivity contribution is -0.927. The topological polar surface area (TPSA) is 114 Å². The van der Waals surface area contributed by atoms with Crippen molar-refractivity contribution in [2.24, 2.45) is 0 Å². The largest absolute Gasteiger partial charge is 0.632 e. The molecule has 4 atom stereocenters. The van der Waals surface area contributed by atoms with E-state index in [0.717, 1.165) is 10.1 Å². The van der Waals surface area contributed by atoms with E-state index in [-0.39, 0.29) is 21.5 Å². The molecule has 3 heterocycles. The normalized spacial score (nSPS) is 36.7. The Balaban J connectivity index is 2.03. The number of nitrogens with one attached hydrogen (secondary N) is 2. The highest BCUT2D eigenvalue weighted by molar-refractivity contribution is 5.18. The summed E-state index contributed by atoms with van der Waals surface area (Å²) in [6.07, 6.45) is -2.11. The number of hydroxylamine groups is 8. The summed E-state index contributed by atoms with van der Waals surface area (Å²) in [5.41, 5.74) is -2.95. The molecule has 0 aliphatic carbocycles. The number of hydrogen-bond acceptors (Lipinski definition) is 5. The molecule has 1 aromatic rings. The van der Waals surface area contributed by atoms with Gasteiger partial charge in [-0.2, -0.15) is 0 Å². The molecule has 0 aromatic carbocycles. The van der Waals surface area contributed by atoms with Crippen LogP contribution in [0.4, 0.5) is 0 Å². The zero-order valence-corrected chi connectivity index (χ0v) is 17.9. The quantitative estimate of drug-likeness (QED) is 0.701. The average Bonchev–Trinajstić information content (AvgIpc) is 2.79. The van der Waals surface area contributed by atoms with Crippen molar-refractivity contribution >= 4 is 0 Å². The molecular weight excluding hydrogens is 362 g/mol. The molecule has 2 saturated heterocycles. The first-order valence-corrected chi connectivity index (χ1v) is 9.58. The molecule has 0 amide bonds. The zero-order chi connectivity index (χ0) is 21.4. The lowest BCUT2D eigenvalue weighted by atomic mass is 9.84. The summed E-state index contributed by atoms with van der Waals surface area (Å²) in [6, 6.07) is 4.87. The number of pyridine rings is 1. The van der Waals surface area contributed by atoms with Crippen molar-refractivity contribution in [3.05, 3.63) is 40.0 Å². The number of aromatic nitrogens is 1. The second-order valence-electron chi connectivity index (χ2n) is 10.0. The van der Waals surface area contributed by atoms with Gasteiger partial charge in [-0.15, -0.1) is 10.4 Å². The van der Waals surface area contributed by atoms with E-state index in [1.807, 2.05) is 0 Å². The predicted octanol–water partition coefficient (Wildman–Crippen LogP) is 0.281. The minimum absolute atomic E-state index is 0.213. The summed E-state index contributed by atoms with van der Waals surface area (Å²) in [7, 11) is 0. The van der Waals surface area contributed by atoms with Gasteiger partial charge in [0.05, 0.1) is 0 Å². The van der Waals surface area contributed by atoms with Crippen molar-refractivity contribution in [3.63, 3.8) is 0 Å². The molecule has 0 spiro atoms. The molecule has 156 valence electrons. The van der Waals surface area contributed by atoms with Crippen molar-refractivity contribution in [2.45, 2.75) is 89.9 Å². The minimum Gasteiger partial charge on any atom is -0.632 e. The van der Waals surface area contributed by atoms with Crippen LogP contribution >= 0.6 is 0 Å². The second-order valence-corrected chi connectivity index (χ2v) is 10.0. The highest BCUT2D eigenvalue weighted by atomic mass is 16.6. The molecule has 2 N–H and O–H groups in total. The van der Waals surface area contributed by atoms with Crippen molar-refractivity contribution in [3.8, 4) is 0 Å². The van der Waals surface area contributed by atoms with Crippen LogP contribution in [0.25, 0.3) is 0 Å². The van der Waals surface area contributed by atoms with Crippen LogP contribution in [-0.4, -0.2) is 37.3 Å². The first-order valence-electron chi connectivity index (χ1n) is 9.58. The van der Waals surface area contributed by atoms with E-state index in [2.05, 4.69) is 4.98 Å². The molecule has 9 nitrogen and oxygen atoms in total. The molecule has 2 radical (unpaired) electrons. The van der Waals surface area contributed by atoms with Crippen LogP contribution in [0.15, 0.2) is 18.2 Å². The lowest BCUT2D eigenvalue weighted by Crippen LogP contribution is -3.15. The van der Waals surface area contributed by atoms with E-state index in [1.165, 1.54) is 0 Å². The van der Waals surface area contributed by atoms with E-state index in [4.69, 9.17) is 0 Å². The fourth-order valence-electron chi connectivity index (χ4n) is 3.98. The maximum atomic E-state index is 13.0. The summed E-state index contributed by atoms with van der Waals surface area (Å²) in [4.78, 5) is 4.48. The summed E-state index contributed by atoms with van der Waals surface area (Å²) in [5, 5.41) is 53.0. The SMILES string of the molecule is CC1(C)N([O])C(c2cccc(C3N([O])C(C)(C)C(C)(C)[NH+]3[O-])n2)[NH+]([O-])C1(C)C. The fourth-order valence-corrected chi connectivity index (χ4v) is 3.98. The van der Waals surface area contributed by atoms with Crippen LogP contribution < -0.4 is 10.1 Å². The van der Waals surface area contributed by atoms with Crippen LogP contribution in [0.1, 0.15) is 79.1 Å². The number of nitrogens with zero attached hydrogens (tertiary/aromatic N) is 3. The first-order chi connectivity index (χ1) is 12.6. The molecule has 0 bridgehead atoms. The highest BCUT2D eigenvalue weighted by Crippen LogP contribution is 2.38. The van der Waals surface area contributed by atoms with E-state index in [9.17, 15) is 20.8 Å². The molecule has 2 aliphatic rings. The summed E-state index contributed by atoms with van der Waals surface area (Å²) in [6.45, 7) is 14.0. The molecule has 3 rings (SSSR count). The third kappa shape index (κ3) is 2.52. The molecule has 28 heavy (non-hydrogen) atoms. The molecular formula is C19H31N5O4. The second kappa shape index (κ2) is 6.16. The Kier molecular flexibility index (Phi) is 4.74. The molecule has 9 heteroatoms. The van der Waals surface area contributed by atoms with Gasteiger partial charge in [-0.1, -0.05) is 16.2 Å². The van der Waals surface area contributed by atoms with Gasteiger partial charge in [0.15, 0.2) is 0 Å². The van der Waals surface area contributed by atoms with Gasteiger partial charge in [0, 0.05) is 0 Å². The minimum atomic E-state index is -1.05. The zero-order valence-electron chi connectivity index (χ0n) is 17.9. The van der Waals surface area contributed by atoms with Gasteiger partial charge >= 0.3 is 0 Å². The van der Waals surface area contributed by atoms with E-state index >= 15 is 0 Å². The monoisotopic (exact) mass is 393 g/mol. The Morgan fingerprint density at radius 3 is 1.36 bits per heavy atom. The predicted molar refractivity (Wildman–Crippen MR) is 99.7 cm³/mol. The number of quaternary nitrogens is 2. The average molecular weight is 393 g/mol. The van der Waals surface area contributed by atoms with Gasteiger partial charge in [-0.05, 0) is 67.5 Å². The van der Waals surface area contributed by atoms with Gasteiger partial charge in [-0.3, -0.25) is 0 Å². The van der Waals surface area contributed by atoms with Crippen molar-refractivity contribution in [2.75, 3.05) is 0 Å². The smallest absolute Gasteiger partial charge is 0.213 e. The molecule has 0 saturated carbocycles.